The second-order valence-electron chi connectivity index (χ2n) is 4.31. The van der Waals surface area contributed by atoms with Crippen molar-refractivity contribution in [1.82, 2.24) is 9.80 Å². The molecule has 0 fully saturated rings. The van der Waals surface area contributed by atoms with Crippen LogP contribution >= 0.6 is 11.6 Å². The van der Waals surface area contributed by atoms with Crippen molar-refractivity contribution in [3.05, 3.63) is 28.8 Å². The smallest absolute Gasteiger partial charge is 0.257 e. The lowest BCUT2D eigenvalue weighted by Crippen LogP contribution is -2.40. The number of nitrogen functional groups attached to an aromatic ring is 1. The van der Waals surface area contributed by atoms with Crippen molar-refractivity contribution in [1.29, 1.82) is 0 Å². The van der Waals surface area contributed by atoms with E-state index in [-0.39, 0.29) is 23.9 Å². The topological polar surface area (TPSA) is 66.6 Å². The third kappa shape index (κ3) is 3.61. The van der Waals surface area contributed by atoms with Gasteiger partial charge in [-0.15, -0.1) is 0 Å². The largest absolute Gasteiger partial charge is 0.398 e. The summed E-state index contributed by atoms with van der Waals surface area (Å²) in [5, 5.41) is 0.292. The van der Waals surface area contributed by atoms with Crippen LogP contribution in [0.3, 0.4) is 0 Å². The first-order valence-electron chi connectivity index (χ1n) is 5.91. The van der Waals surface area contributed by atoms with Crippen LogP contribution < -0.4 is 5.73 Å². The minimum absolute atomic E-state index is 0.00694. The number of rotatable bonds is 4. The first-order chi connectivity index (χ1) is 8.88. The van der Waals surface area contributed by atoms with Crippen LogP contribution in [0.15, 0.2) is 18.2 Å². The predicted octanol–water partition coefficient (Wildman–Crippen LogP) is 1.47. The number of hydrogen-bond acceptors (Lipinski definition) is 3. The van der Waals surface area contributed by atoms with Gasteiger partial charge in [0.2, 0.25) is 5.91 Å². The van der Waals surface area contributed by atoms with Crippen LogP contribution in [-0.2, 0) is 4.79 Å². The van der Waals surface area contributed by atoms with Gasteiger partial charge in [0.1, 0.15) is 0 Å². The van der Waals surface area contributed by atoms with E-state index >= 15 is 0 Å². The van der Waals surface area contributed by atoms with Gasteiger partial charge in [0.15, 0.2) is 0 Å². The molecule has 0 spiro atoms. The number of hydrogen-bond donors (Lipinski definition) is 1. The molecule has 1 rings (SSSR count). The lowest BCUT2D eigenvalue weighted by Gasteiger charge is -2.23. The molecule has 1 aromatic rings. The number of halogens is 1. The lowest BCUT2D eigenvalue weighted by molar-refractivity contribution is -0.129. The van der Waals surface area contributed by atoms with E-state index in [4.69, 9.17) is 17.3 Å². The normalized spacial score (nSPS) is 10.1. The quantitative estimate of drug-likeness (QED) is 0.851. The first-order valence-corrected chi connectivity index (χ1v) is 6.29. The molecule has 0 saturated heterocycles. The number of likely N-dealkylation sites (N-methyl/N-ethyl adjacent to an activating group) is 2. The highest BCUT2D eigenvalue weighted by Gasteiger charge is 2.22. The summed E-state index contributed by atoms with van der Waals surface area (Å²) >= 11 is 6.00. The Morgan fingerprint density at radius 3 is 2.42 bits per heavy atom. The van der Waals surface area contributed by atoms with Gasteiger partial charge < -0.3 is 15.5 Å². The maximum absolute atomic E-state index is 12.4. The number of amides is 2. The Bertz CT molecular complexity index is 469. The van der Waals surface area contributed by atoms with Crippen LogP contribution in [0.2, 0.25) is 5.02 Å². The molecule has 0 saturated carbocycles. The summed E-state index contributed by atoms with van der Waals surface area (Å²) in [5.74, 6) is -0.485. The van der Waals surface area contributed by atoms with Gasteiger partial charge in [-0.2, -0.15) is 0 Å². The van der Waals surface area contributed by atoms with Crippen molar-refractivity contribution in [3.8, 4) is 0 Å². The van der Waals surface area contributed by atoms with E-state index in [9.17, 15) is 9.59 Å². The average Bonchev–Trinajstić information content (AvgIpc) is 2.34. The fourth-order valence-electron chi connectivity index (χ4n) is 1.56. The molecule has 6 heteroatoms. The SMILES string of the molecule is CCN(CC(=O)N(C)C)C(=O)c1c(N)cccc1Cl. The Balaban J connectivity index is 2.99. The molecule has 0 aliphatic rings. The van der Waals surface area contributed by atoms with Crippen molar-refractivity contribution >= 4 is 29.1 Å². The van der Waals surface area contributed by atoms with E-state index in [0.29, 0.717) is 17.3 Å². The molecule has 19 heavy (non-hydrogen) atoms. The van der Waals surface area contributed by atoms with Crippen molar-refractivity contribution in [2.75, 3.05) is 32.9 Å². The van der Waals surface area contributed by atoms with Crippen molar-refractivity contribution < 1.29 is 9.59 Å². The predicted molar refractivity (Wildman–Crippen MR) is 76.1 cm³/mol. The summed E-state index contributed by atoms with van der Waals surface area (Å²) in [6.45, 7) is 2.21. The van der Waals surface area contributed by atoms with Crippen LogP contribution in [0, 0.1) is 0 Å². The number of benzene rings is 1. The van der Waals surface area contributed by atoms with Gasteiger partial charge in [-0.25, -0.2) is 0 Å². The maximum atomic E-state index is 12.4. The average molecular weight is 284 g/mol. The van der Waals surface area contributed by atoms with Gasteiger partial charge in [-0.05, 0) is 19.1 Å². The molecule has 0 heterocycles. The van der Waals surface area contributed by atoms with Gasteiger partial charge >= 0.3 is 0 Å². The number of nitrogens with two attached hydrogens (primary N) is 1. The van der Waals surface area contributed by atoms with Crippen LogP contribution in [0.1, 0.15) is 17.3 Å². The maximum Gasteiger partial charge on any atom is 0.257 e. The molecule has 0 unspecified atom stereocenters. The Morgan fingerprint density at radius 1 is 1.32 bits per heavy atom. The van der Waals surface area contributed by atoms with E-state index in [2.05, 4.69) is 0 Å². The number of carbonyl (C=O) groups excluding carboxylic acids is 2. The Labute approximate surface area is 117 Å². The molecule has 0 bridgehead atoms. The monoisotopic (exact) mass is 283 g/mol. The fourth-order valence-corrected chi connectivity index (χ4v) is 1.82. The molecular formula is C13H18ClN3O2. The summed E-state index contributed by atoms with van der Waals surface area (Å²) in [6.07, 6.45) is 0. The van der Waals surface area contributed by atoms with E-state index in [1.807, 2.05) is 0 Å². The zero-order chi connectivity index (χ0) is 14.6. The highest BCUT2D eigenvalue weighted by Crippen LogP contribution is 2.23. The van der Waals surface area contributed by atoms with Crippen LogP contribution in [0.25, 0.3) is 0 Å². The van der Waals surface area contributed by atoms with Gasteiger partial charge in [0.05, 0.1) is 17.1 Å². The number of carbonyl (C=O) groups is 2. The minimum atomic E-state index is -0.333. The lowest BCUT2D eigenvalue weighted by atomic mass is 10.1. The summed E-state index contributed by atoms with van der Waals surface area (Å²) < 4.78 is 0. The minimum Gasteiger partial charge on any atom is -0.398 e. The van der Waals surface area contributed by atoms with E-state index in [1.165, 1.54) is 9.80 Å². The third-order valence-corrected chi connectivity index (χ3v) is 3.07. The standard InChI is InChI=1S/C13H18ClN3O2/c1-4-17(8-11(18)16(2)3)13(19)12-9(14)6-5-7-10(12)15/h5-7H,4,8,15H2,1-3H3. The summed E-state index contributed by atoms with van der Waals surface area (Å²) in [4.78, 5) is 26.9. The molecule has 0 atom stereocenters. The van der Waals surface area contributed by atoms with Gasteiger partial charge in [0, 0.05) is 26.3 Å². The molecule has 0 aliphatic carbocycles. The summed E-state index contributed by atoms with van der Waals surface area (Å²) in [5.41, 5.74) is 6.34. The fraction of sp³-hybridized carbons (Fsp3) is 0.385. The van der Waals surface area contributed by atoms with E-state index < -0.39 is 0 Å². The Kier molecular flexibility index (Phi) is 5.18. The highest BCUT2D eigenvalue weighted by molar-refractivity contribution is 6.34. The second-order valence-corrected chi connectivity index (χ2v) is 4.72. The van der Waals surface area contributed by atoms with Crippen LogP contribution in [-0.4, -0.2) is 48.8 Å². The second kappa shape index (κ2) is 6.43. The molecule has 2 N–H and O–H groups in total. The molecular weight excluding hydrogens is 266 g/mol. The molecule has 2 amide bonds. The molecule has 0 aromatic heterocycles. The van der Waals surface area contributed by atoms with Gasteiger partial charge in [-0.3, -0.25) is 9.59 Å². The molecule has 1 aromatic carbocycles. The van der Waals surface area contributed by atoms with Gasteiger partial charge in [0.25, 0.3) is 5.91 Å². The highest BCUT2D eigenvalue weighted by atomic mass is 35.5. The van der Waals surface area contributed by atoms with Crippen molar-refractivity contribution in [3.63, 3.8) is 0 Å². The summed E-state index contributed by atoms with van der Waals surface area (Å²) in [7, 11) is 3.29. The van der Waals surface area contributed by atoms with Crippen molar-refractivity contribution in [2.24, 2.45) is 0 Å². The third-order valence-electron chi connectivity index (χ3n) is 2.75. The first kappa shape index (κ1) is 15.3. The zero-order valence-corrected chi connectivity index (χ0v) is 12.1. The molecule has 5 nitrogen and oxygen atoms in total. The molecule has 104 valence electrons. The van der Waals surface area contributed by atoms with Crippen LogP contribution in [0.4, 0.5) is 5.69 Å². The number of anilines is 1. The van der Waals surface area contributed by atoms with Crippen LogP contribution in [0.5, 0.6) is 0 Å². The Hall–Kier alpha value is -1.75. The molecule has 0 aliphatic heterocycles. The van der Waals surface area contributed by atoms with E-state index in [0.717, 1.165) is 0 Å². The number of nitrogens with zero attached hydrogens (tertiary/aromatic N) is 2. The molecule has 0 radical (unpaired) electrons. The Morgan fingerprint density at radius 2 is 1.95 bits per heavy atom. The zero-order valence-electron chi connectivity index (χ0n) is 11.3. The van der Waals surface area contributed by atoms with Crippen molar-refractivity contribution in [2.45, 2.75) is 6.92 Å². The van der Waals surface area contributed by atoms with Gasteiger partial charge in [-0.1, -0.05) is 17.7 Å². The summed E-state index contributed by atoms with van der Waals surface area (Å²) in [6, 6.07) is 4.89. The van der Waals surface area contributed by atoms with E-state index in [1.54, 1.807) is 39.2 Å².